The summed E-state index contributed by atoms with van der Waals surface area (Å²) >= 11 is 1.69. The molecule has 0 aromatic carbocycles. The number of aromatic nitrogens is 1. The van der Waals surface area contributed by atoms with E-state index < -0.39 is 0 Å². The predicted octanol–water partition coefficient (Wildman–Crippen LogP) is 2.69. The molecule has 100 valence electrons. The highest BCUT2D eigenvalue weighted by Crippen LogP contribution is 2.36. The van der Waals surface area contributed by atoms with Gasteiger partial charge in [-0.1, -0.05) is 12.8 Å². The van der Waals surface area contributed by atoms with E-state index >= 15 is 0 Å². The number of carbonyl (C=O) groups excluding carboxylic acids is 1. The Labute approximate surface area is 117 Å². The van der Waals surface area contributed by atoms with Crippen molar-refractivity contribution in [3.05, 3.63) is 23.5 Å². The van der Waals surface area contributed by atoms with Gasteiger partial charge < -0.3 is 4.90 Å². The molecule has 1 heterocycles. The maximum Gasteiger partial charge on any atom is 0.254 e. The lowest BCUT2D eigenvalue weighted by atomic mass is 10.2. The number of nitriles is 1. The molecule has 1 saturated carbocycles. The minimum Gasteiger partial charge on any atom is -0.345 e. The molecule has 2 rings (SSSR count). The molecule has 0 N–H and O–H groups in total. The molecule has 0 radical (unpaired) electrons. The molecule has 1 fully saturated rings. The highest BCUT2D eigenvalue weighted by atomic mass is 32.2. The SMILES string of the molecule is CN(C)C(=O)c1cnc(C#N)c(SC2CCCC2)c1. The van der Waals surface area contributed by atoms with Crippen LogP contribution in [0.3, 0.4) is 0 Å². The Kier molecular flexibility index (Phi) is 4.43. The first-order chi connectivity index (χ1) is 9.11. The maximum atomic E-state index is 11.9. The van der Waals surface area contributed by atoms with Crippen LogP contribution < -0.4 is 0 Å². The summed E-state index contributed by atoms with van der Waals surface area (Å²) in [6.07, 6.45) is 6.36. The van der Waals surface area contributed by atoms with Gasteiger partial charge in [-0.05, 0) is 18.9 Å². The summed E-state index contributed by atoms with van der Waals surface area (Å²) in [5, 5.41) is 9.66. The molecule has 1 aromatic heterocycles. The van der Waals surface area contributed by atoms with E-state index in [9.17, 15) is 4.79 Å². The van der Waals surface area contributed by atoms with E-state index in [-0.39, 0.29) is 5.91 Å². The van der Waals surface area contributed by atoms with Crippen LogP contribution in [0.15, 0.2) is 17.2 Å². The number of hydrogen-bond donors (Lipinski definition) is 0. The van der Waals surface area contributed by atoms with Crippen LogP contribution in [-0.4, -0.2) is 35.1 Å². The molecule has 19 heavy (non-hydrogen) atoms. The van der Waals surface area contributed by atoms with Crippen molar-refractivity contribution in [1.82, 2.24) is 9.88 Å². The van der Waals surface area contributed by atoms with Crippen molar-refractivity contribution < 1.29 is 4.79 Å². The van der Waals surface area contributed by atoms with E-state index in [2.05, 4.69) is 11.1 Å². The van der Waals surface area contributed by atoms with Gasteiger partial charge in [-0.2, -0.15) is 5.26 Å². The zero-order valence-corrected chi connectivity index (χ0v) is 12.0. The Morgan fingerprint density at radius 2 is 2.16 bits per heavy atom. The van der Waals surface area contributed by atoms with E-state index in [0.29, 0.717) is 16.5 Å². The minimum absolute atomic E-state index is 0.0785. The lowest BCUT2D eigenvalue weighted by molar-refractivity contribution is 0.0827. The summed E-state index contributed by atoms with van der Waals surface area (Å²) in [4.78, 5) is 18.4. The van der Waals surface area contributed by atoms with Gasteiger partial charge in [0.05, 0.1) is 5.56 Å². The molecule has 1 aromatic rings. The Hall–Kier alpha value is -1.54. The second kappa shape index (κ2) is 6.07. The van der Waals surface area contributed by atoms with Crippen molar-refractivity contribution in [3.63, 3.8) is 0 Å². The smallest absolute Gasteiger partial charge is 0.254 e. The standard InChI is InChI=1S/C14H17N3OS/c1-17(2)14(18)10-7-13(12(8-15)16-9-10)19-11-5-3-4-6-11/h7,9,11H,3-6H2,1-2H3. The molecule has 0 saturated heterocycles. The molecule has 0 atom stereocenters. The van der Waals surface area contributed by atoms with Crippen LogP contribution in [-0.2, 0) is 0 Å². The summed E-state index contributed by atoms with van der Waals surface area (Å²) in [5.41, 5.74) is 0.969. The molecule has 4 nitrogen and oxygen atoms in total. The van der Waals surface area contributed by atoms with E-state index in [1.54, 1.807) is 31.9 Å². The van der Waals surface area contributed by atoms with Gasteiger partial charge in [0.15, 0.2) is 5.69 Å². The number of pyridine rings is 1. The van der Waals surface area contributed by atoms with Crippen LogP contribution in [0.5, 0.6) is 0 Å². The Morgan fingerprint density at radius 1 is 1.47 bits per heavy atom. The summed E-state index contributed by atoms with van der Waals surface area (Å²) in [7, 11) is 3.43. The zero-order valence-electron chi connectivity index (χ0n) is 11.2. The number of rotatable bonds is 3. The summed E-state index contributed by atoms with van der Waals surface area (Å²) in [5.74, 6) is -0.0785. The largest absolute Gasteiger partial charge is 0.345 e. The van der Waals surface area contributed by atoms with Gasteiger partial charge in [0.2, 0.25) is 0 Å². The van der Waals surface area contributed by atoms with Crippen LogP contribution in [0.1, 0.15) is 41.7 Å². The molecule has 0 aliphatic heterocycles. The van der Waals surface area contributed by atoms with Gasteiger partial charge in [-0.3, -0.25) is 4.79 Å². The third-order valence-electron chi connectivity index (χ3n) is 3.21. The summed E-state index contributed by atoms with van der Waals surface area (Å²) in [6.45, 7) is 0. The van der Waals surface area contributed by atoms with Gasteiger partial charge in [-0.15, -0.1) is 11.8 Å². The molecule has 1 aliphatic rings. The predicted molar refractivity (Wildman–Crippen MR) is 75.1 cm³/mol. The molecule has 0 unspecified atom stereocenters. The van der Waals surface area contributed by atoms with E-state index in [0.717, 1.165) is 4.90 Å². The molecule has 0 bridgehead atoms. The van der Waals surface area contributed by atoms with Gasteiger partial charge in [0.25, 0.3) is 5.91 Å². The third-order valence-corrected chi connectivity index (χ3v) is 4.58. The van der Waals surface area contributed by atoms with Crippen molar-refractivity contribution >= 4 is 17.7 Å². The van der Waals surface area contributed by atoms with Crippen molar-refractivity contribution in [1.29, 1.82) is 5.26 Å². The number of thioether (sulfide) groups is 1. The lowest BCUT2D eigenvalue weighted by Crippen LogP contribution is -2.22. The fraction of sp³-hybridized carbons (Fsp3) is 0.500. The first-order valence-corrected chi connectivity index (χ1v) is 7.28. The highest BCUT2D eigenvalue weighted by Gasteiger charge is 2.19. The molecule has 1 amide bonds. The fourth-order valence-electron chi connectivity index (χ4n) is 2.18. The van der Waals surface area contributed by atoms with Crippen LogP contribution in [0.25, 0.3) is 0 Å². The van der Waals surface area contributed by atoms with Gasteiger partial charge in [-0.25, -0.2) is 4.98 Å². The van der Waals surface area contributed by atoms with E-state index in [1.807, 2.05) is 0 Å². The minimum atomic E-state index is -0.0785. The Balaban J connectivity index is 2.26. The van der Waals surface area contributed by atoms with Crippen molar-refractivity contribution in [2.45, 2.75) is 35.8 Å². The van der Waals surface area contributed by atoms with Crippen LogP contribution >= 0.6 is 11.8 Å². The van der Waals surface area contributed by atoms with Gasteiger partial charge in [0.1, 0.15) is 6.07 Å². The van der Waals surface area contributed by atoms with E-state index in [4.69, 9.17) is 5.26 Å². The quantitative estimate of drug-likeness (QED) is 0.851. The lowest BCUT2D eigenvalue weighted by Gasteiger charge is -2.13. The first kappa shape index (κ1) is 13.9. The van der Waals surface area contributed by atoms with Crippen molar-refractivity contribution in [2.75, 3.05) is 14.1 Å². The van der Waals surface area contributed by atoms with Crippen molar-refractivity contribution in [2.24, 2.45) is 0 Å². The van der Waals surface area contributed by atoms with E-state index in [1.165, 1.54) is 36.8 Å². The topological polar surface area (TPSA) is 57.0 Å². The molecular formula is C14H17N3OS. The molecular weight excluding hydrogens is 258 g/mol. The van der Waals surface area contributed by atoms with Crippen LogP contribution in [0.2, 0.25) is 0 Å². The molecule has 5 heteroatoms. The number of nitrogens with zero attached hydrogens (tertiary/aromatic N) is 3. The highest BCUT2D eigenvalue weighted by molar-refractivity contribution is 8.00. The van der Waals surface area contributed by atoms with Crippen LogP contribution in [0, 0.1) is 11.3 Å². The summed E-state index contributed by atoms with van der Waals surface area (Å²) < 4.78 is 0. The van der Waals surface area contributed by atoms with Gasteiger partial charge in [0, 0.05) is 30.4 Å². The molecule has 0 spiro atoms. The molecule has 1 aliphatic carbocycles. The second-order valence-corrected chi connectivity index (χ2v) is 6.25. The van der Waals surface area contributed by atoms with Crippen molar-refractivity contribution in [3.8, 4) is 6.07 Å². The average molecular weight is 275 g/mol. The zero-order chi connectivity index (χ0) is 13.8. The van der Waals surface area contributed by atoms with Gasteiger partial charge >= 0.3 is 0 Å². The monoisotopic (exact) mass is 275 g/mol. The average Bonchev–Trinajstić information content (AvgIpc) is 2.90. The second-order valence-electron chi connectivity index (χ2n) is 4.91. The first-order valence-electron chi connectivity index (χ1n) is 6.40. The third kappa shape index (κ3) is 3.27. The summed E-state index contributed by atoms with van der Waals surface area (Å²) in [6, 6.07) is 3.91. The number of amides is 1. The number of carbonyl (C=O) groups is 1. The maximum absolute atomic E-state index is 11.9. The normalized spacial score (nSPS) is 15.2. The Morgan fingerprint density at radius 3 is 2.74 bits per heavy atom. The number of hydrogen-bond acceptors (Lipinski definition) is 4. The van der Waals surface area contributed by atoms with Crippen LogP contribution in [0.4, 0.5) is 0 Å². The Bertz CT molecular complexity index is 516. The fourth-order valence-corrected chi connectivity index (χ4v) is 3.51.